The number of nitrogens with zero attached hydrogens (tertiary/aromatic N) is 5. The molecule has 4 bridgehead atoms. The molecule has 0 amide bonds. The fourth-order valence-corrected chi connectivity index (χ4v) is 12.8. The molecule has 14 rings (SSSR count). The largest absolute Gasteiger partial charge is 2.00 e. The second kappa shape index (κ2) is 78.9. The Hall–Kier alpha value is -4.11. The van der Waals surface area contributed by atoms with Gasteiger partial charge in [-0.15, -0.1) is 11.4 Å². The van der Waals surface area contributed by atoms with Crippen LogP contribution in [0.2, 0.25) is 0 Å². The molecule has 40 heteroatoms. The van der Waals surface area contributed by atoms with Gasteiger partial charge in [-0.25, -0.2) is 0 Å². The molecule has 2 radical (unpaired) electrons. The zero-order valence-electron chi connectivity index (χ0n) is 77.0. The molecule has 8 aliphatic rings. The van der Waals surface area contributed by atoms with Crippen LogP contribution in [0.5, 0.6) is 46.0 Å². The molecule has 0 aromatic heterocycles. The minimum absolute atomic E-state index is 0. The van der Waals surface area contributed by atoms with Crippen molar-refractivity contribution in [2.24, 2.45) is 9.98 Å². The van der Waals surface area contributed by atoms with Crippen molar-refractivity contribution in [1.29, 1.82) is 0 Å². The number of rotatable bonds is 16. The van der Waals surface area contributed by atoms with E-state index in [0.717, 1.165) is 164 Å². The molecule has 8 saturated heterocycles. The number of aliphatic imine (C=N–C) groups is 2. The van der Waals surface area contributed by atoms with Gasteiger partial charge in [0, 0.05) is 81.8 Å². The molecule has 3 N–H and O–H groups in total. The smallest absolute Gasteiger partial charge is 0.870 e. The topological polar surface area (TPSA) is 408 Å². The van der Waals surface area contributed by atoms with Crippen LogP contribution < -0.4 is 183 Å². The van der Waals surface area contributed by atoms with Crippen LogP contribution >= 0.6 is 0 Å². The van der Waals surface area contributed by atoms with Crippen molar-refractivity contribution < 1.29 is 292 Å². The van der Waals surface area contributed by atoms with Crippen LogP contribution in [-0.2, 0) is 109 Å². The van der Waals surface area contributed by atoms with Crippen molar-refractivity contribution in [3.8, 4) is 46.0 Å². The van der Waals surface area contributed by atoms with Gasteiger partial charge in [0.1, 0.15) is 81.9 Å². The summed E-state index contributed by atoms with van der Waals surface area (Å²) in [7, 11) is 5.43. The molecule has 8 heterocycles. The van der Waals surface area contributed by atoms with Crippen LogP contribution in [0.15, 0.2) is 131 Å². The number of fused-ring (bicyclic) bond motifs is 42. The average molecular weight is 1950 g/mol. The van der Waals surface area contributed by atoms with Crippen molar-refractivity contribution in [1.82, 2.24) is 4.90 Å². The number of carbonyl (C=O) groups is 2. The first-order chi connectivity index (χ1) is 60.8. The van der Waals surface area contributed by atoms with Crippen LogP contribution in [0.4, 0.5) is 22.7 Å². The molecule has 6 aromatic carbocycles. The van der Waals surface area contributed by atoms with E-state index in [2.05, 4.69) is 25.5 Å². The number of nitrogens with one attached hydrogen (secondary N) is 3. The zero-order chi connectivity index (χ0) is 88.1. The van der Waals surface area contributed by atoms with Gasteiger partial charge in [-0.1, -0.05) is 131 Å². The van der Waals surface area contributed by atoms with Crippen molar-refractivity contribution in [3.63, 3.8) is 0 Å². The van der Waals surface area contributed by atoms with E-state index >= 15 is 0 Å². The Balaban J connectivity index is 0.000000823. The van der Waals surface area contributed by atoms with Crippen molar-refractivity contribution in [2.75, 3.05) is 292 Å². The molecule has 702 valence electrons. The molecule has 8 fully saturated rings. The summed E-state index contributed by atoms with van der Waals surface area (Å²) in [6, 6.07) is 28.0. The van der Waals surface area contributed by atoms with Crippen LogP contribution in [0.1, 0.15) is 60.0 Å². The first-order valence-electron chi connectivity index (χ1n) is 42.6. The Kier molecular flexibility index (Phi) is 75.2. The summed E-state index contributed by atoms with van der Waals surface area (Å²) in [5, 5.41) is 81.5. The van der Waals surface area contributed by atoms with E-state index in [0.29, 0.717) is 122 Å². The fourth-order valence-electron chi connectivity index (χ4n) is 12.8. The molecule has 34 nitrogen and oxygen atoms in total. The summed E-state index contributed by atoms with van der Waals surface area (Å²) in [6.07, 6.45) is 7.80. The SMILES string of the molecule is C1CCOC1.C1CCOC1.C1COCC[NH+]2CCOCCOCCN(CCO1)CCOCCOCC2.C1COCC[NH+]2CCOCCOCC[NH+](CCO1)CCOCCOCC2.COc1cccc(C=Nc2ccccc2[N-][C@H](C(=O)[O-])c2cccc(OC)c2[O-])c1[O-].COc1cccc(C=Nc2ccccc2[N-][C@H](C(=O)[O-])c2cccc(OC)c2[O-])c1[O-].[Co+2].[Co+2].[Na+].[Na+].[Na+].[Na+]. The van der Waals surface area contributed by atoms with Gasteiger partial charge < -0.3 is 151 Å². The van der Waals surface area contributed by atoms with Gasteiger partial charge in [0.15, 0.2) is 0 Å². The second-order valence-electron chi connectivity index (χ2n) is 28.5. The fraction of sp³-hybridized carbons (Fsp3) is 0.556. The minimum atomic E-state index is -1.56. The molecule has 6 aromatic rings. The van der Waals surface area contributed by atoms with Gasteiger partial charge in [-0.2, -0.15) is 0 Å². The number of carboxylic acids is 2. The van der Waals surface area contributed by atoms with E-state index in [1.165, 1.54) is 118 Å². The molecule has 0 unspecified atom stereocenters. The van der Waals surface area contributed by atoms with E-state index in [9.17, 15) is 40.2 Å². The number of benzene rings is 6. The maximum absolute atomic E-state index is 12.5. The van der Waals surface area contributed by atoms with Gasteiger partial charge in [0.2, 0.25) is 0 Å². The van der Waals surface area contributed by atoms with Crippen LogP contribution in [-0.4, -0.2) is 321 Å². The predicted octanol–water partition coefficient (Wildman–Crippen LogP) is -11.0. The van der Waals surface area contributed by atoms with Gasteiger partial charge in [0.05, 0.1) is 187 Å². The van der Waals surface area contributed by atoms with Crippen LogP contribution in [0.3, 0.4) is 0 Å². The standard InChI is InChI=1S/2C23H21N2O6.2C18H36N2O6.2C4H8O.2Co.4Na/c2*1-30-18-11-5-7-14(21(18)26)13-24-16-9-3-4-10-17(16)25-20(23(28)29)15-8-6-12-19(31-2)22(15)27;2*1-7-21-13-14-24-10-4-20-5-11-25-17-15-22-8-2-19(1)3-9-23-16-18-26-12-6-20;2*1-2-4-5-3-1;;;;;;/h2*3-13,20,27H,1-2H3,(H,24,26)(H,28,29);2*1-18H2;2*1-4H2;;;;;;/q2*-1;;;;;2*+2;4*+1/p-3/t2*20-;;;;;;;;;;/m00........../s1. The number of carboxylic acid groups (broad SMARTS) is 2. The maximum Gasteiger partial charge on any atom is 2.00 e. The second-order valence-corrected chi connectivity index (χ2v) is 28.5. The van der Waals surface area contributed by atoms with E-state index < -0.39 is 35.5 Å². The van der Waals surface area contributed by atoms with E-state index in [-0.39, 0.29) is 209 Å². The summed E-state index contributed by atoms with van der Waals surface area (Å²) in [5.41, 5.74) is 1.45. The number of para-hydroxylation sites is 8. The Morgan fingerprint density at radius 1 is 0.323 bits per heavy atom. The quantitative estimate of drug-likeness (QED) is 0.0598. The first-order valence-corrected chi connectivity index (χ1v) is 42.6. The summed E-state index contributed by atoms with van der Waals surface area (Å²) in [6.45, 7) is 31.7. The Labute approximate surface area is 875 Å². The number of aliphatic carboxylic acids is 2. The Bertz CT molecular complexity index is 3540. The normalized spacial score (nSPS) is 19.7. The number of ether oxygens (including phenoxy) is 18. The number of methoxy groups -OCH3 is 4. The van der Waals surface area contributed by atoms with Crippen LogP contribution in [0.25, 0.3) is 10.6 Å². The third-order valence-electron chi connectivity index (χ3n) is 19.9. The monoisotopic (exact) mass is 1950 g/mol. The summed E-state index contributed by atoms with van der Waals surface area (Å²) in [5.74, 6) is -4.55. The molecule has 130 heavy (non-hydrogen) atoms. The number of carbonyl (C=O) groups excluding carboxylic acids is 2. The minimum Gasteiger partial charge on any atom is -0.870 e. The summed E-state index contributed by atoms with van der Waals surface area (Å²) >= 11 is 0. The molecular weight excluding hydrogens is 1820 g/mol. The Morgan fingerprint density at radius 3 is 0.792 bits per heavy atom. The molecule has 0 saturated carbocycles. The molecule has 0 spiro atoms. The summed E-state index contributed by atoms with van der Waals surface area (Å²) in [4.78, 5) is 38.8. The molecule has 8 aliphatic heterocycles. The molecular formula is C90H127Co2N8Na4O26+3. The van der Waals surface area contributed by atoms with Gasteiger partial charge >= 0.3 is 152 Å². The van der Waals surface area contributed by atoms with Gasteiger partial charge in [-0.05, 0) is 73.2 Å². The van der Waals surface area contributed by atoms with Gasteiger partial charge in [0.25, 0.3) is 0 Å². The predicted molar refractivity (Wildman–Crippen MR) is 452 cm³/mol. The number of hydrogen-bond donors (Lipinski definition) is 3. The average Bonchev–Trinajstić information content (AvgIpc) is 1.47. The summed E-state index contributed by atoms with van der Waals surface area (Å²) < 4.78 is 98.5. The van der Waals surface area contributed by atoms with E-state index in [4.69, 9.17) is 85.3 Å². The van der Waals surface area contributed by atoms with Crippen LogP contribution in [0, 0.1) is 0 Å². The van der Waals surface area contributed by atoms with E-state index in [1.807, 2.05) is 0 Å². The third kappa shape index (κ3) is 50.8. The maximum atomic E-state index is 12.5. The van der Waals surface area contributed by atoms with E-state index in [1.54, 1.807) is 84.9 Å². The third-order valence-corrected chi connectivity index (χ3v) is 19.9. The first kappa shape index (κ1) is 124. The van der Waals surface area contributed by atoms with Crippen molar-refractivity contribution in [2.45, 2.75) is 37.8 Å². The zero-order valence-corrected chi connectivity index (χ0v) is 87.1. The van der Waals surface area contributed by atoms with Gasteiger partial charge in [-0.3, -0.25) is 14.9 Å². The number of quaternary nitrogens is 3. The van der Waals surface area contributed by atoms with Crippen molar-refractivity contribution >= 4 is 47.1 Å². The molecule has 2 atom stereocenters. The number of hydrogen-bond acceptors (Lipinski definition) is 29. The Morgan fingerprint density at radius 2 is 0.554 bits per heavy atom. The van der Waals surface area contributed by atoms with Crippen molar-refractivity contribution in [3.05, 3.63) is 154 Å². The molecule has 0 aliphatic carbocycles.